The van der Waals surface area contributed by atoms with E-state index in [1.807, 2.05) is 48.5 Å². The molecule has 0 bridgehead atoms. The van der Waals surface area contributed by atoms with E-state index in [2.05, 4.69) is 155 Å². The number of para-hydroxylation sites is 3. The molecule has 0 amide bonds. The van der Waals surface area contributed by atoms with Crippen molar-refractivity contribution in [1.29, 1.82) is 0 Å². The van der Waals surface area contributed by atoms with Crippen LogP contribution in [0.2, 0.25) is 0 Å². The van der Waals surface area contributed by atoms with Crippen LogP contribution in [0.25, 0.3) is 100 Å². The average Bonchev–Trinajstić information content (AvgIpc) is 3.80. The Morgan fingerprint density at radius 3 is 1.60 bits per heavy atom. The Hall–Kier alpha value is -7.83. The number of benzene rings is 8. The van der Waals surface area contributed by atoms with Crippen molar-refractivity contribution in [2.75, 3.05) is 5.73 Å². The van der Waals surface area contributed by atoms with Gasteiger partial charge in [-0.1, -0.05) is 146 Å². The summed E-state index contributed by atoms with van der Waals surface area (Å²) in [5.74, 6) is 1.71. The first-order chi connectivity index (χ1) is 28.2. The molecule has 2 N–H and O–H groups in total. The van der Waals surface area contributed by atoms with Gasteiger partial charge in [-0.2, -0.15) is 0 Å². The molecule has 0 atom stereocenters. The van der Waals surface area contributed by atoms with Crippen molar-refractivity contribution in [3.8, 4) is 56.7 Å². The molecular formula is C51H34N6. The highest BCUT2D eigenvalue weighted by molar-refractivity contribution is 6.26. The second-order valence-corrected chi connectivity index (χ2v) is 14.3. The van der Waals surface area contributed by atoms with Gasteiger partial charge in [-0.15, -0.1) is 0 Å². The van der Waals surface area contributed by atoms with Crippen molar-refractivity contribution in [3.05, 3.63) is 194 Å². The third kappa shape index (κ3) is 5.38. The number of fused-ring (bicyclic) bond motifs is 7. The molecule has 0 aliphatic carbocycles. The first kappa shape index (κ1) is 32.6. The van der Waals surface area contributed by atoms with Crippen LogP contribution >= 0.6 is 0 Å². The van der Waals surface area contributed by atoms with Gasteiger partial charge in [0.05, 0.1) is 27.8 Å². The molecule has 0 aliphatic rings. The van der Waals surface area contributed by atoms with Gasteiger partial charge in [-0.25, -0.2) is 15.0 Å². The molecule has 3 heterocycles. The normalized spacial score (nSPS) is 11.6. The van der Waals surface area contributed by atoms with Crippen molar-refractivity contribution < 1.29 is 0 Å². The standard InChI is InChI=1S/C51H34N6/c52-37-28-30-45(42(32-37)51-54-49(35-16-6-2-7-17-35)53-50(55-51)36-26-24-34(25-27-36)33-14-4-1-5-15-33)57-43-22-12-10-20-39(43)40-29-31-46-47(48(40)57)41-21-11-13-23-44(41)56(46)38-18-8-3-9-19-38/h1-32H,52H2. The lowest BCUT2D eigenvalue weighted by atomic mass is 10.0. The predicted octanol–water partition coefficient (Wildman–Crippen LogP) is 12.3. The zero-order chi connectivity index (χ0) is 37.9. The monoisotopic (exact) mass is 730 g/mol. The van der Waals surface area contributed by atoms with Crippen molar-refractivity contribution in [2.24, 2.45) is 0 Å². The Bertz CT molecular complexity index is 3280. The Balaban J connectivity index is 1.20. The largest absolute Gasteiger partial charge is 0.399 e. The molecule has 6 heteroatoms. The summed E-state index contributed by atoms with van der Waals surface area (Å²) in [5.41, 5.74) is 18.7. The van der Waals surface area contributed by atoms with Gasteiger partial charge in [-0.3, -0.25) is 0 Å². The molecule has 11 aromatic rings. The van der Waals surface area contributed by atoms with E-state index in [1.54, 1.807) is 0 Å². The van der Waals surface area contributed by atoms with Crippen molar-refractivity contribution >= 4 is 49.3 Å². The van der Waals surface area contributed by atoms with Crippen LogP contribution < -0.4 is 5.73 Å². The van der Waals surface area contributed by atoms with Crippen LogP contribution in [0.4, 0.5) is 5.69 Å². The molecule has 0 unspecified atom stereocenters. The van der Waals surface area contributed by atoms with E-state index in [-0.39, 0.29) is 0 Å². The third-order valence-electron chi connectivity index (χ3n) is 10.9. The smallest absolute Gasteiger partial charge is 0.166 e. The van der Waals surface area contributed by atoms with Gasteiger partial charge < -0.3 is 14.9 Å². The Morgan fingerprint density at radius 2 is 0.895 bits per heavy atom. The average molecular weight is 731 g/mol. The second-order valence-electron chi connectivity index (χ2n) is 14.3. The lowest BCUT2D eigenvalue weighted by Crippen LogP contribution is -2.04. The number of anilines is 1. The first-order valence-electron chi connectivity index (χ1n) is 19.1. The van der Waals surface area contributed by atoms with Crippen molar-refractivity contribution in [1.82, 2.24) is 24.1 Å². The summed E-state index contributed by atoms with van der Waals surface area (Å²) in [6, 6.07) is 67.4. The summed E-state index contributed by atoms with van der Waals surface area (Å²) >= 11 is 0. The highest BCUT2D eigenvalue weighted by Gasteiger charge is 2.23. The van der Waals surface area contributed by atoms with Gasteiger partial charge in [0.1, 0.15) is 0 Å². The van der Waals surface area contributed by atoms with Crippen LogP contribution in [-0.2, 0) is 0 Å². The van der Waals surface area contributed by atoms with Gasteiger partial charge in [0.25, 0.3) is 0 Å². The number of hydrogen-bond acceptors (Lipinski definition) is 4. The van der Waals surface area contributed by atoms with Crippen molar-refractivity contribution in [2.45, 2.75) is 0 Å². The summed E-state index contributed by atoms with van der Waals surface area (Å²) in [6.45, 7) is 0. The molecule has 0 radical (unpaired) electrons. The van der Waals surface area contributed by atoms with Crippen LogP contribution in [0, 0.1) is 0 Å². The molecule has 0 saturated carbocycles. The van der Waals surface area contributed by atoms with Crippen LogP contribution in [0.1, 0.15) is 0 Å². The fourth-order valence-corrected chi connectivity index (χ4v) is 8.33. The Kier molecular flexibility index (Phi) is 7.54. The maximum Gasteiger partial charge on any atom is 0.166 e. The molecule has 0 spiro atoms. The van der Waals surface area contributed by atoms with Crippen LogP contribution in [0.3, 0.4) is 0 Å². The van der Waals surface area contributed by atoms with E-state index < -0.39 is 0 Å². The molecule has 0 aliphatic heterocycles. The Labute approximate surface area is 328 Å². The summed E-state index contributed by atoms with van der Waals surface area (Å²) < 4.78 is 4.74. The zero-order valence-corrected chi connectivity index (χ0v) is 30.8. The van der Waals surface area contributed by atoms with Gasteiger partial charge in [-0.05, 0) is 59.7 Å². The third-order valence-corrected chi connectivity index (χ3v) is 10.9. The maximum absolute atomic E-state index is 6.66. The highest BCUT2D eigenvalue weighted by Crippen LogP contribution is 2.43. The zero-order valence-electron chi connectivity index (χ0n) is 30.8. The van der Waals surface area contributed by atoms with Gasteiger partial charge in [0, 0.05) is 49.6 Å². The number of aromatic nitrogens is 5. The minimum absolute atomic E-state index is 0.540. The second kappa shape index (κ2) is 13.2. The number of hydrogen-bond donors (Lipinski definition) is 1. The van der Waals surface area contributed by atoms with Gasteiger partial charge in [0.2, 0.25) is 0 Å². The first-order valence-corrected chi connectivity index (χ1v) is 19.1. The fourth-order valence-electron chi connectivity index (χ4n) is 8.33. The lowest BCUT2D eigenvalue weighted by molar-refractivity contribution is 1.06. The van der Waals surface area contributed by atoms with Crippen LogP contribution in [0.5, 0.6) is 0 Å². The topological polar surface area (TPSA) is 74.5 Å². The van der Waals surface area contributed by atoms with E-state index in [9.17, 15) is 0 Å². The summed E-state index contributed by atoms with van der Waals surface area (Å²) in [7, 11) is 0. The van der Waals surface area contributed by atoms with Crippen molar-refractivity contribution in [3.63, 3.8) is 0 Å². The minimum Gasteiger partial charge on any atom is -0.399 e. The number of nitrogens with two attached hydrogens (primary N) is 1. The molecule has 0 fully saturated rings. The highest BCUT2D eigenvalue weighted by atomic mass is 15.1. The molecule has 57 heavy (non-hydrogen) atoms. The molecule has 6 nitrogen and oxygen atoms in total. The summed E-state index contributed by atoms with van der Waals surface area (Å²) in [6.07, 6.45) is 0. The molecule has 268 valence electrons. The quantitative estimate of drug-likeness (QED) is 0.173. The van der Waals surface area contributed by atoms with E-state index in [4.69, 9.17) is 20.7 Å². The van der Waals surface area contributed by atoms with E-state index in [1.165, 1.54) is 10.8 Å². The minimum atomic E-state index is 0.540. The predicted molar refractivity (Wildman–Crippen MR) is 235 cm³/mol. The molecule has 3 aromatic heterocycles. The van der Waals surface area contributed by atoms with E-state index in [0.717, 1.165) is 72.0 Å². The fraction of sp³-hybridized carbons (Fsp3) is 0. The summed E-state index contributed by atoms with van der Waals surface area (Å²) in [4.78, 5) is 15.5. The van der Waals surface area contributed by atoms with Gasteiger partial charge >= 0.3 is 0 Å². The lowest BCUT2D eigenvalue weighted by Gasteiger charge is -2.16. The van der Waals surface area contributed by atoms with E-state index >= 15 is 0 Å². The Morgan fingerprint density at radius 1 is 0.368 bits per heavy atom. The molecular weight excluding hydrogens is 697 g/mol. The van der Waals surface area contributed by atoms with Crippen LogP contribution in [0.15, 0.2) is 194 Å². The van der Waals surface area contributed by atoms with E-state index in [0.29, 0.717) is 23.2 Å². The SMILES string of the molecule is Nc1ccc(-n2c3ccccc3c3ccc4c(c5ccccc5n4-c4ccccc4)c32)c(-c2nc(-c3ccccc3)nc(-c3ccc(-c4ccccc4)cc3)n2)c1. The number of nitrogens with zero attached hydrogens (tertiary/aromatic N) is 5. The van der Waals surface area contributed by atoms with Crippen LogP contribution in [-0.4, -0.2) is 24.1 Å². The molecule has 11 rings (SSSR count). The summed E-state index contributed by atoms with van der Waals surface area (Å²) in [5, 5.41) is 4.67. The molecule has 0 saturated heterocycles. The molecule has 8 aromatic carbocycles. The maximum atomic E-state index is 6.66. The number of rotatable bonds is 6. The number of nitrogen functional groups attached to an aromatic ring is 1. The van der Waals surface area contributed by atoms with Gasteiger partial charge in [0.15, 0.2) is 17.5 Å².